The fourth-order valence-electron chi connectivity index (χ4n) is 3.45. The zero-order chi connectivity index (χ0) is 26.2. The molecule has 0 spiro atoms. The average molecular weight is 762 g/mol. The molecule has 0 aliphatic carbocycles. The summed E-state index contributed by atoms with van der Waals surface area (Å²) in [5.41, 5.74) is 1.66. The molecule has 0 saturated carbocycles. The Morgan fingerprint density at radius 3 is 2.36 bits per heavy atom. The first kappa shape index (κ1) is 27.5. The number of hydrogen-bond donors (Lipinski definition) is 0. The molecule has 4 rings (SSSR count). The molecule has 0 saturated heterocycles. The summed E-state index contributed by atoms with van der Waals surface area (Å²) in [6.45, 7) is 6.32. The second-order valence-corrected chi connectivity index (χ2v) is 13.0. The Labute approximate surface area is 247 Å². The average Bonchev–Trinajstić information content (AvgIpc) is 2.78. The number of nitrogens with zero attached hydrogens (tertiary/aromatic N) is 3. The maximum atomic E-state index is 13.4. The van der Waals surface area contributed by atoms with Crippen LogP contribution in [0.2, 0.25) is 5.02 Å². The highest BCUT2D eigenvalue weighted by atomic mass is 79.9. The largest absolute Gasteiger partial charge is 0.486 e. The molecule has 0 unspecified atom stereocenters. The SMILES string of the molecule is CC(C)(C)c1nc2ccc(Br)cc2c(=O)n1N=Cc1cc(Cl)c(OCc2ccc(Br)cc2Br)c(Br)c1. The molecule has 4 aromatic rings. The quantitative estimate of drug-likeness (QED) is 0.191. The van der Waals surface area contributed by atoms with Crippen molar-refractivity contribution in [1.82, 2.24) is 9.66 Å². The summed E-state index contributed by atoms with van der Waals surface area (Å²) < 4.78 is 10.7. The van der Waals surface area contributed by atoms with E-state index >= 15 is 0 Å². The topological polar surface area (TPSA) is 56.5 Å². The van der Waals surface area contributed by atoms with Gasteiger partial charge in [0.05, 0.1) is 26.6 Å². The van der Waals surface area contributed by atoms with E-state index in [4.69, 9.17) is 21.3 Å². The molecule has 0 fully saturated rings. The van der Waals surface area contributed by atoms with Gasteiger partial charge in [-0.25, -0.2) is 4.98 Å². The molecule has 5 nitrogen and oxygen atoms in total. The van der Waals surface area contributed by atoms with Crippen LogP contribution in [-0.2, 0) is 12.0 Å². The molecule has 1 aromatic heterocycles. The molecule has 0 aliphatic rings. The van der Waals surface area contributed by atoms with E-state index < -0.39 is 5.41 Å². The van der Waals surface area contributed by atoms with Gasteiger partial charge in [-0.1, -0.05) is 86.2 Å². The van der Waals surface area contributed by atoms with Gasteiger partial charge >= 0.3 is 0 Å². The third-order valence-electron chi connectivity index (χ3n) is 5.21. The first-order valence-corrected chi connectivity index (χ1v) is 14.3. The van der Waals surface area contributed by atoms with Crippen LogP contribution in [0.25, 0.3) is 10.9 Å². The Balaban J connectivity index is 1.68. The van der Waals surface area contributed by atoms with Crippen molar-refractivity contribution in [2.45, 2.75) is 32.8 Å². The number of aromatic nitrogens is 2. The number of fused-ring (bicyclic) bond motifs is 1. The summed E-state index contributed by atoms with van der Waals surface area (Å²) >= 11 is 20.5. The number of benzene rings is 3. The number of ether oxygens (including phenoxy) is 1. The zero-order valence-electron chi connectivity index (χ0n) is 19.5. The smallest absolute Gasteiger partial charge is 0.282 e. The zero-order valence-corrected chi connectivity index (χ0v) is 26.6. The van der Waals surface area contributed by atoms with Crippen molar-refractivity contribution >= 4 is 92.4 Å². The van der Waals surface area contributed by atoms with Gasteiger partial charge in [-0.05, 0) is 64.0 Å². The van der Waals surface area contributed by atoms with Crippen molar-refractivity contribution in [2.75, 3.05) is 0 Å². The minimum absolute atomic E-state index is 0.243. The van der Waals surface area contributed by atoms with Crippen LogP contribution >= 0.6 is 75.3 Å². The maximum Gasteiger partial charge on any atom is 0.282 e. The first-order chi connectivity index (χ1) is 16.9. The second-order valence-electron chi connectivity index (χ2n) is 9.05. The molecule has 0 bridgehead atoms. The van der Waals surface area contributed by atoms with Gasteiger partial charge in [0, 0.05) is 24.4 Å². The van der Waals surface area contributed by atoms with Crippen molar-refractivity contribution in [1.29, 1.82) is 0 Å². The van der Waals surface area contributed by atoms with Crippen molar-refractivity contribution in [3.05, 3.63) is 98.7 Å². The van der Waals surface area contributed by atoms with Gasteiger partial charge in [-0.3, -0.25) is 4.79 Å². The number of halogens is 5. The maximum absolute atomic E-state index is 13.4. The standard InChI is InChI=1S/C26H20Br4ClN3O2/c1-26(2,3)25-33-22-7-6-16(27)10-18(22)24(35)34(25)32-12-14-8-20(30)23(21(31)9-14)36-13-15-4-5-17(28)11-19(15)29/h4-12H,13H2,1-3H3. The van der Waals surface area contributed by atoms with E-state index in [0.29, 0.717) is 44.1 Å². The van der Waals surface area contributed by atoms with Gasteiger partial charge in [0.15, 0.2) is 5.75 Å². The fraction of sp³-hybridized carbons (Fsp3) is 0.192. The number of hydrogen-bond acceptors (Lipinski definition) is 4. The van der Waals surface area contributed by atoms with Crippen molar-refractivity contribution in [3.8, 4) is 5.75 Å². The van der Waals surface area contributed by atoms with Crippen LogP contribution in [0.5, 0.6) is 5.75 Å². The summed E-state index contributed by atoms with van der Waals surface area (Å²) in [7, 11) is 0. The van der Waals surface area contributed by atoms with E-state index in [1.54, 1.807) is 18.3 Å². The highest BCUT2D eigenvalue weighted by molar-refractivity contribution is 9.11. The second kappa shape index (κ2) is 11.1. The van der Waals surface area contributed by atoms with Crippen LogP contribution in [0.4, 0.5) is 0 Å². The lowest BCUT2D eigenvalue weighted by Crippen LogP contribution is -2.29. The molecule has 0 atom stereocenters. The minimum Gasteiger partial charge on any atom is -0.486 e. The normalized spacial score (nSPS) is 12.0. The van der Waals surface area contributed by atoms with E-state index in [0.717, 1.165) is 19.0 Å². The lowest BCUT2D eigenvalue weighted by atomic mass is 9.95. The van der Waals surface area contributed by atoms with Gasteiger partial charge in [0.2, 0.25) is 0 Å². The summed E-state index contributed by atoms with van der Waals surface area (Å²) in [5.74, 6) is 1.08. The van der Waals surface area contributed by atoms with E-state index in [9.17, 15) is 4.79 Å². The van der Waals surface area contributed by atoms with E-state index in [-0.39, 0.29) is 5.56 Å². The Kier molecular flexibility index (Phi) is 8.46. The molecular formula is C26H20Br4ClN3O2. The molecule has 0 N–H and O–H groups in total. The lowest BCUT2D eigenvalue weighted by molar-refractivity contribution is 0.303. The third-order valence-corrected chi connectivity index (χ3v) is 7.80. The Morgan fingerprint density at radius 2 is 1.69 bits per heavy atom. The summed E-state index contributed by atoms with van der Waals surface area (Å²) in [6, 6.07) is 14.9. The van der Waals surface area contributed by atoms with Gasteiger partial charge in [0.1, 0.15) is 12.4 Å². The van der Waals surface area contributed by atoms with Crippen LogP contribution < -0.4 is 10.3 Å². The Hall–Kier alpha value is -1.52. The van der Waals surface area contributed by atoms with Crippen molar-refractivity contribution < 1.29 is 4.74 Å². The van der Waals surface area contributed by atoms with Crippen LogP contribution in [0, 0.1) is 0 Å². The summed E-state index contributed by atoms with van der Waals surface area (Å²) in [4.78, 5) is 18.1. The molecule has 36 heavy (non-hydrogen) atoms. The van der Waals surface area contributed by atoms with Crippen LogP contribution in [-0.4, -0.2) is 15.9 Å². The monoisotopic (exact) mass is 757 g/mol. The first-order valence-electron chi connectivity index (χ1n) is 10.8. The third kappa shape index (κ3) is 6.13. The molecule has 0 radical (unpaired) electrons. The number of rotatable bonds is 5. The fourth-order valence-corrected chi connectivity index (χ4v) is 5.96. The molecule has 186 valence electrons. The Bertz CT molecular complexity index is 1540. The van der Waals surface area contributed by atoms with Gasteiger partial charge in [0.25, 0.3) is 5.56 Å². The highest BCUT2D eigenvalue weighted by Crippen LogP contribution is 2.35. The summed E-state index contributed by atoms with van der Waals surface area (Å²) in [6.07, 6.45) is 1.59. The molecule has 10 heteroatoms. The summed E-state index contributed by atoms with van der Waals surface area (Å²) in [5, 5.41) is 5.42. The van der Waals surface area contributed by atoms with E-state index in [2.05, 4.69) is 68.8 Å². The van der Waals surface area contributed by atoms with E-state index in [1.165, 1.54) is 4.68 Å². The predicted octanol–water partition coefficient (Wildman–Crippen LogP) is 8.86. The molecule has 3 aromatic carbocycles. The lowest BCUT2D eigenvalue weighted by Gasteiger charge is -2.21. The van der Waals surface area contributed by atoms with Gasteiger partial charge in [-0.2, -0.15) is 9.78 Å². The highest BCUT2D eigenvalue weighted by Gasteiger charge is 2.23. The van der Waals surface area contributed by atoms with Crippen molar-refractivity contribution in [2.24, 2.45) is 5.10 Å². The molecular weight excluding hydrogens is 741 g/mol. The van der Waals surface area contributed by atoms with Gasteiger partial charge < -0.3 is 4.74 Å². The van der Waals surface area contributed by atoms with Crippen LogP contribution in [0.1, 0.15) is 37.7 Å². The molecule has 0 aliphatic heterocycles. The minimum atomic E-state index is -0.408. The predicted molar refractivity (Wildman–Crippen MR) is 161 cm³/mol. The molecule has 1 heterocycles. The van der Waals surface area contributed by atoms with Crippen molar-refractivity contribution in [3.63, 3.8) is 0 Å². The molecule has 0 amide bonds. The Morgan fingerprint density at radius 1 is 1.00 bits per heavy atom. The van der Waals surface area contributed by atoms with E-state index in [1.807, 2.05) is 57.2 Å². The van der Waals surface area contributed by atoms with Crippen LogP contribution in [0.15, 0.2) is 76.3 Å². The van der Waals surface area contributed by atoms with Gasteiger partial charge in [-0.15, -0.1) is 0 Å². The van der Waals surface area contributed by atoms with Crippen LogP contribution in [0.3, 0.4) is 0 Å².